The van der Waals surface area contributed by atoms with Gasteiger partial charge in [0.1, 0.15) is 11.4 Å². The topological polar surface area (TPSA) is 68.1 Å². The van der Waals surface area contributed by atoms with E-state index in [1.807, 2.05) is 0 Å². The van der Waals surface area contributed by atoms with Crippen LogP contribution < -0.4 is 5.73 Å². The van der Waals surface area contributed by atoms with Crippen LogP contribution in [-0.4, -0.2) is 17.3 Å². The van der Waals surface area contributed by atoms with E-state index in [0.717, 1.165) is 12.8 Å². The third kappa shape index (κ3) is 3.06. The minimum Gasteiger partial charge on any atom is -0.508 e. The van der Waals surface area contributed by atoms with Crippen LogP contribution in [0.1, 0.15) is 0 Å². The molecule has 1 aromatic rings. The van der Waals surface area contributed by atoms with Crippen molar-refractivity contribution in [2.45, 2.75) is 0 Å². The quantitative estimate of drug-likeness (QED) is 0.472. The zero-order valence-electron chi connectivity index (χ0n) is 5.91. The fraction of sp³-hybridized carbons (Fsp3) is 0.143. The van der Waals surface area contributed by atoms with Crippen LogP contribution in [0.5, 0.6) is 5.75 Å². The van der Waals surface area contributed by atoms with Gasteiger partial charge in [-0.05, 0) is 12.1 Å². The van der Waals surface area contributed by atoms with E-state index in [9.17, 15) is 0 Å². The van der Waals surface area contributed by atoms with Gasteiger partial charge in [-0.1, -0.05) is 0 Å². The van der Waals surface area contributed by atoms with E-state index in [1.54, 1.807) is 24.3 Å². The normalized spacial score (nSPS) is 7.90. The number of aliphatic hydroxyl groups is 1. The predicted molar refractivity (Wildman–Crippen MR) is 38.8 cm³/mol. The number of phenols is 1. The van der Waals surface area contributed by atoms with Gasteiger partial charge in [-0.15, -0.1) is 0 Å². The Hall–Kier alpha value is -1.06. The first-order valence-corrected chi connectivity index (χ1v) is 2.85. The van der Waals surface area contributed by atoms with Crippen molar-refractivity contribution in [3.05, 3.63) is 24.3 Å². The van der Waals surface area contributed by atoms with Crippen molar-refractivity contribution in [3.63, 3.8) is 0 Å². The minimum atomic E-state index is 0.289. The molecule has 0 saturated carbocycles. The molecular weight excluding hydrogens is 130 g/mol. The van der Waals surface area contributed by atoms with Gasteiger partial charge in [-0.3, -0.25) is 0 Å². The third-order valence-corrected chi connectivity index (χ3v) is 0.936. The lowest BCUT2D eigenvalue weighted by molar-refractivity contribution is -0.254. The van der Waals surface area contributed by atoms with Gasteiger partial charge in [0, 0.05) is 19.2 Å². The van der Waals surface area contributed by atoms with Crippen molar-refractivity contribution in [1.82, 2.24) is 0 Å². The maximum atomic E-state index is 8.73. The van der Waals surface area contributed by atoms with Gasteiger partial charge in [-0.2, -0.15) is 0 Å². The van der Waals surface area contributed by atoms with Crippen LogP contribution in [0.25, 0.3) is 0 Å². The summed E-state index contributed by atoms with van der Waals surface area (Å²) in [5.74, 6) is 0.289. The number of aliphatic hydroxyl groups excluding tert-OH is 1. The number of quaternary nitrogens is 1. The molecule has 0 atom stereocenters. The maximum absolute atomic E-state index is 8.73. The Morgan fingerprint density at radius 2 is 1.50 bits per heavy atom. The first-order valence-electron chi connectivity index (χ1n) is 2.85. The van der Waals surface area contributed by atoms with E-state index in [0.29, 0.717) is 0 Å². The lowest BCUT2D eigenvalue weighted by Gasteiger charge is -1.86. The smallest absolute Gasteiger partial charge is 0.128 e. The molecule has 10 heavy (non-hydrogen) atoms. The predicted octanol–water partition coefficient (Wildman–Crippen LogP) is -0.126. The summed E-state index contributed by atoms with van der Waals surface area (Å²) in [7, 11) is 1.00. The third-order valence-electron chi connectivity index (χ3n) is 0.936. The zero-order valence-corrected chi connectivity index (χ0v) is 5.91. The summed E-state index contributed by atoms with van der Waals surface area (Å²) in [4.78, 5) is 0. The molecule has 0 bridgehead atoms. The monoisotopic (exact) mass is 142 g/mol. The molecule has 0 fully saturated rings. The Morgan fingerprint density at radius 1 is 1.10 bits per heavy atom. The second-order valence-electron chi connectivity index (χ2n) is 1.67. The van der Waals surface area contributed by atoms with Gasteiger partial charge in [0.2, 0.25) is 0 Å². The maximum Gasteiger partial charge on any atom is 0.128 e. The number of hydrogen-bond donors (Lipinski definition) is 3. The average molecular weight is 142 g/mol. The highest BCUT2D eigenvalue weighted by Gasteiger charge is 1.85. The summed E-state index contributed by atoms with van der Waals surface area (Å²) < 4.78 is 0. The summed E-state index contributed by atoms with van der Waals surface area (Å²) >= 11 is 0. The number of aromatic hydroxyl groups is 1. The summed E-state index contributed by atoms with van der Waals surface area (Å²) in [6, 6.07) is 6.75. The van der Waals surface area contributed by atoms with Crippen LogP contribution in [0.3, 0.4) is 0 Å². The van der Waals surface area contributed by atoms with Crippen LogP contribution in [0.2, 0.25) is 0 Å². The molecule has 3 heteroatoms. The van der Waals surface area contributed by atoms with Gasteiger partial charge < -0.3 is 15.9 Å². The molecule has 5 N–H and O–H groups in total. The number of hydrogen-bond acceptors (Lipinski definition) is 2. The molecule has 0 heterocycles. The minimum absolute atomic E-state index is 0.289. The van der Waals surface area contributed by atoms with Crippen LogP contribution in [0.4, 0.5) is 5.69 Å². The van der Waals surface area contributed by atoms with Crippen LogP contribution >= 0.6 is 0 Å². The van der Waals surface area contributed by atoms with E-state index in [-0.39, 0.29) is 5.75 Å². The first kappa shape index (κ1) is 8.94. The average Bonchev–Trinajstić information content (AvgIpc) is 2.00. The SMILES string of the molecule is CO.[NH3+]c1ccc(O)cc1. The summed E-state index contributed by atoms with van der Waals surface area (Å²) in [5, 5.41) is 15.7. The lowest BCUT2D eigenvalue weighted by Crippen LogP contribution is -2.39. The van der Waals surface area contributed by atoms with Gasteiger partial charge in [-0.25, -0.2) is 0 Å². The molecule has 1 aromatic carbocycles. The number of benzene rings is 1. The van der Waals surface area contributed by atoms with Crippen molar-refractivity contribution in [3.8, 4) is 5.75 Å². The Labute approximate surface area is 59.7 Å². The van der Waals surface area contributed by atoms with E-state index in [1.165, 1.54) is 0 Å². The molecular formula is C7H12NO2+. The lowest BCUT2D eigenvalue weighted by atomic mass is 10.3. The Balaban J connectivity index is 0.000000371. The van der Waals surface area contributed by atoms with Crippen molar-refractivity contribution >= 4 is 5.69 Å². The Kier molecular flexibility index (Phi) is 4.28. The molecule has 56 valence electrons. The fourth-order valence-corrected chi connectivity index (χ4v) is 0.496. The van der Waals surface area contributed by atoms with E-state index >= 15 is 0 Å². The van der Waals surface area contributed by atoms with E-state index < -0.39 is 0 Å². The molecule has 0 amide bonds. The molecule has 0 spiro atoms. The Bertz CT molecular complexity index is 150. The molecule has 0 radical (unpaired) electrons. The van der Waals surface area contributed by atoms with Crippen molar-refractivity contribution in [2.24, 2.45) is 0 Å². The zero-order chi connectivity index (χ0) is 7.98. The van der Waals surface area contributed by atoms with Gasteiger partial charge in [0.25, 0.3) is 0 Å². The largest absolute Gasteiger partial charge is 0.508 e. The Morgan fingerprint density at radius 3 is 1.80 bits per heavy atom. The molecule has 0 unspecified atom stereocenters. The molecule has 3 nitrogen and oxygen atoms in total. The molecule has 0 aromatic heterocycles. The second-order valence-corrected chi connectivity index (χ2v) is 1.67. The van der Waals surface area contributed by atoms with Crippen LogP contribution in [0, 0.1) is 0 Å². The van der Waals surface area contributed by atoms with E-state index in [2.05, 4.69) is 5.73 Å². The molecule has 0 aliphatic rings. The standard InChI is InChI=1S/C6H7NO.CH4O/c7-5-1-3-6(8)4-2-5;1-2/h1-4,8H,7H2;2H,1H3/p+1. The van der Waals surface area contributed by atoms with Gasteiger partial charge in [0.15, 0.2) is 0 Å². The molecule has 0 saturated heterocycles. The van der Waals surface area contributed by atoms with E-state index in [4.69, 9.17) is 10.2 Å². The summed E-state index contributed by atoms with van der Waals surface area (Å²) in [6.45, 7) is 0. The molecule has 1 rings (SSSR count). The number of phenolic OH excluding ortho intramolecular Hbond substituents is 1. The van der Waals surface area contributed by atoms with Gasteiger partial charge >= 0.3 is 0 Å². The van der Waals surface area contributed by atoms with Gasteiger partial charge in [0.05, 0.1) is 0 Å². The summed E-state index contributed by atoms with van der Waals surface area (Å²) in [6.07, 6.45) is 0. The fourth-order valence-electron chi connectivity index (χ4n) is 0.496. The van der Waals surface area contributed by atoms with Crippen LogP contribution in [-0.2, 0) is 0 Å². The number of rotatable bonds is 0. The molecule has 0 aliphatic heterocycles. The van der Waals surface area contributed by atoms with Crippen molar-refractivity contribution in [1.29, 1.82) is 0 Å². The summed E-state index contributed by atoms with van der Waals surface area (Å²) in [5.41, 5.74) is 4.57. The van der Waals surface area contributed by atoms with Crippen LogP contribution in [0.15, 0.2) is 24.3 Å². The molecule has 0 aliphatic carbocycles. The second kappa shape index (κ2) is 4.78. The van der Waals surface area contributed by atoms with Crippen molar-refractivity contribution in [2.75, 3.05) is 7.11 Å². The highest BCUT2D eigenvalue weighted by molar-refractivity contribution is 5.33. The van der Waals surface area contributed by atoms with Crippen molar-refractivity contribution < 1.29 is 15.9 Å². The highest BCUT2D eigenvalue weighted by Crippen LogP contribution is 2.08. The first-order chi connectivity index (χ1) is 4.79. The highest BCUT2D eigenvalue weighted by atomic mass is 16.3.